The Morgan fingerprint density at radius 1 is 1.22 bits per heavy atom. The number of aryl methyl sites for hydroxylation is 2. The van der Waals surface area contributed by atoms with Crippen molar-refractivity contribution < 1.29 is 4.79 Å². The first-order valence-corrected chi connectivity index (χ1v) is 9.09. The van der Waals surface area contributed by atoms with Crippen LogP contribution in [0.3, 0.4) is 0 Å². The van der Waals surface area contributed by atoms with Gasteiger partial charge in [0.15, 0.2) is 0 Å². The zero-order valence-electron chi connectivity index (χ0n) is 14.3. The van der Waals surface area contributed by atoms with Crippen molar-refractivity contribution in [3.8, 4) is 0 Å². The highest BCUT2D eigenvalue weighted by molar-refractivity contribution is 5.76. The zero-order valence-corrected chi connectivity index (χ0v) is 14.3. The molecule has 0 aromatic carbocycles. The van der Waals surface area contributed by atoms with Gasteiger partial charge in [-0.1, -0.05) is 0 Å². The van der Waals surface area contributed by atoms with Gasteiger partial charge in [0.25, 0.3) is 0 Å². The molecular formula is C17H29N5O. The van der Waals surface area contributed by atoms with Crippen LogP contribution in [0.5, 0.6) is 0 Å². The minimum atomic E-state index is 0.291. The molecule has 0 saturated carbocycles. The number of carbonyl (C=O) groups excluding carboxylic acids is 1. The van der Waals surface area contributed by atoms with Gasteiger partial charge in [-0.25, -0.2) is 0 Å². The highest BCUT2D eigenvalue weighted by Gasteiger charge is 2.27. The molecular weight excluding hydrogens is 290 g/mol. The Kier molecular flexibility index (Phi) is 5.65. The van der Waals surface area contributed by atoms with Gasteiger partial charge in [0.2, 0.25) is 5.91 Å². The molecule has 0 bridgehead atoms. The molecule has 2 fully saturated rings. The van der Waals surface area contributed by atoms with Crippen LogP contribution < -0.4 is 0 Å². The van der Waals surface area contributed by atoms with Crippen molar-refractivity contribution in [3.05, 3.63) is 12.2 Å². The molecule has 1 unspecified atom stereocenters. The van der Waals surface area contributed by atoms with Crippen molar-refractivity contribution in [1.29, 1.82) is 0 Å². The molecule has 0 spiro atoms. The van der Waals surface area contributed by atoms with Gasteiger partial charge in [0.1, 0.15) is 12.2 Å². The second-order valence-corrected chi connectivity index (χ2v) is 6.93. The van der Waals surface area contributed by atoms with Gasteiger partial charge in [0, 0.05) is 39.0 Å². The number of piperidine rings is 1. The summed E-state index contributed by atoms with van der Waals surface area (Å²) in [7, 11) is 1.93. The molecule has 1 aromatic rings. The van der Waals surface area contributed by atoms with E-state index in [9.17, 15) is 4.79 Å². The van der Waals surface area contributed by atoms with E-state index in [-0.39, 0.29) is 0 Å². The predicted octanol–water partition coefficient (Wildman–Crippen LogP) is 1.61. The van der Waals surface area contributed by atoms with Crippen molar-refractivity contribution in [2.45, 2.75) is 57.4 Å². The Hall–Kier alpha value is -1.43. The second kappa shape index (κ2) is 7.90. The van der Waals surface area contributed by atoms with Gasteiger partial charge in [-0.05, 0) is 51.6 Å². The van der Waals surface area contributed by atoms with Gasteiger partial charge in [-0.3, -0.25) is 4.79 Å². The first-order valence-electron chi connectivity index (χ1n) is 9.09. The zero-order chi connectivity index (χ0) is 16.1. The van der Waals surface area contributed by atoms with Crippen LogP contribution in [0.15, 0.2) is 6.33 Å². The smallest absolute Gasteiger partial charge is 0.223 e. The van der Waals surface area contributed by atoms with E-state index >= 15 is 0 Å². The Labute approximate surface area is 138 Å². The van der Waals surface area contributed by atoms with Crippen LogP contribution in [0.2, 0.25) is 0 Å². The molecule has 1 aromatic heterocycles. The molecule has 1 amide bonds. The third kappa shape index (κ3) is 4.31. The predicted molar refractivity (Wildman–Crippen MR) is 89.0 cm³/mol. The van der Waals surface area contributed by atoms with E-state index in [2.05, 4.69) is 20.0 Å². The number of hydrogen-bond donors (Lipinski definition) is 0. The number of hydrogen-bond acceptors (Lipinski definition) is 4. The van der Waals surface area contributed by atoms with E-state index in [4.69, 9.17) is 0 Å². The maximum absolute atomic E-state index is 12.7. The number of likely N-dealkylation sites (tertiary alicyclic amines) is 2. The van der Waals surface area contributed by atoms with Crippen LogP contribution in [-0.4, -0.2) is 62.7 Å². The lowest BCUT2D eigenvalue weighted by atomic mass is 9.98. The average molecular weight is 319 g/mol. The van der Waals surface area contributed by atoms with Crippen LogP contribution in [0.4, 0.5) is 0 Å². The molecule has 3 rings (SSSR count). The molecule has 2 aliphatic heterocycles. The Bertz CT molecular complexity index is 509. The second-order valence-electron chi connectivity index (χ2n) is 6.93. The summed E-state index contributed by atoms with van der Waals surface area (Å²) in [5.41, 5.74) is 0. The lowest BCUT2D eigenvalue weighted by Gasteiger charge is -2.36. The Morgan fingerprint density at radius 3 is 2.74 bits per heavy atom. The molecule has 6 heteroatoms. The van der Waals surface area contributed by atoms with Crippen molar-refractivity contribution in [2.75, 3.05) is 26.2 Å². The summed E-state index contributed by atoms with van der Waals surface area (Å²) in [6, 6.07) is 0.441. The largest absolute Gasteiger partial charge is 0.340 e. The maximum Gasteiger partial charge on any atom is 0.223 e. The highest BCUT2D eigenvalue weighted by atomic mass is 16.2. The summed E-state index contributed by atoms with van der Waals surface area (Å²) in [5.74, 6) is 1.18. The van der Waals surface area contributed by atoms with Gasteiger partial charge in [0.05, 0.1) is 0 Å². The molecule has 0 radical (unpaired) electrons. The summed E-state index contributed by atoms with van der Waals surface area (Å²) >= 11 is 0. The summed E-state index contributed by atoms with van der Waals surface area (Å²) in [5, 5.41) is 7.96. The highest BCUT2D eigenvalue weighted by Crippen LogP contribution is 2.22. The van der Waals surface area contributed by atoms with Crippen LogP contribution in [-0.2, 0) is 18.3 Å². The van der Waals surface area contributed by atoms with Crippen LogP contribution >= 0.6 is 0 Å². The summed E-state index contributed by atoms with van der Waals surface area (Å²) < 4.78 is 1.90. The molecule has 2 saturated heterocycles. The number of carbonyl (C=O) groups is 1. The van der Waals surface area contributed by atoms with Crippen molar-refractivity contribution in [2.24, 2.45) is 7.05 Å². The fourth-order valence-corrected chi connectivity index (χ4v) is 3.86. The SMILES string of the molecule is Cn1cnnc1CCC(=O)N1CCCCC1CCN1CCCC1. The molecule has 3 heterocycles. The quantitative estimate of drug-likeness (QED) is 0.799. The van der Waals surface area contributed by atoms with E-state index in [1.807, 2.05) is 11.6 Å². The van der Waals surface area contributed by atoms with Crippen LogP contribution in [0.1, 0.15) is 50.8 Å². The van der Waals surface area contributed by atoms with E-state index in [0.717, 1.165) is 31.8 Å². The molecule has 6 nitrogen and oxygen atoms in total. The molecule has 23 heavy (non-hydrogen) atoms. The lowest BCUT2D eigenvalue weighted by molar-refractivity contribution is -0.135. The number of rotatable bonds is 6. The Balaban J connectivity index is 1.50. The van der Waals surface area contributed by atoms with E-state index in [1.54, 1.807) is 6.33 Å². The van der Waals surface area contributed by atoms with Crippen molar-refractivity contribution in [1.82, 2.24) is 24.6 Å². The average Bonchev–Trinajstić information content (AvgIpc) is 3.22. The van der Waals surface area contributed by atoms with Gasteiger partial charge in [-0.15, -0.1) is 10.2 Å². The topological polar surface area (TPSA) is 54.3 Å². The fourth-order valence-electron chi connectivity index (χ4n) is 3.86. The standard InChI is InChI=1S/C17H29N5O/c1-20-14-18-19-16(20)7-8-17(23)22-12-3-2-6-15(22)9-13-21-10-4-5-11-21/h14-15H,2-13H2,1H3. The molecule has 1 atom stereocenters. The molecule has 0 N–H and O–H groups in total. The number of amides is 1. The summed E-state index contributed by atoms with van der Waals surface area (Å²) in [6.07, 6.45) is 10.3. The summed E-state index contributed by atoms with van der Waals surface area (Å²) in [6.45, 7) is 4.57. The van der Waals surface area contributed by atoms with E-state index in [0.29, 0.717) is 24.8 Å². The minimum absolute atomic E-state index is 0.291. The monoisotopic (exact) mass is 319 g/mol. The van der Waals surface area contributed by atoms with Gasteiger partial charge < -0.3 is 14.4 Å². The van der Waals surface area contributed by atoms with Crippen LogP contribution in [0.25, 0.3) is 0 Å². The summed E-state index contributed by atoms with van der Waals surface area (Å²) in [4.78, 5) is 17.4. The molecule has 2 aliphatic rings. The third-order valence-electron chi connectivity index (χ3n) is 5.29. The van der Waals surface area contributed by atoms with E-state index in [1.165, 1.54) is 38.8 Å². The van der Waals surface area contributed by atoms with Crippen molar-refractivity contribution >= 4 is 5.91 Å². The minimum Gasteiger partial charge on any atom is -0.340 e. The fraction of sp³-hybridized carbons (Fsp3) is 0.824. The normalized spacial score (nSPS) is 22.7. The number of aromatic nitrogens is 3. The molecule has 0 aliphatic carbocycles. The van der Waals surface area contributed by atoms with Gasteiger partial charge >= 0.3 is 0 Å². The lowest BCUT2D eigenvalue weighted by Crippen LogP contribution is -2.45. The van der Waals surface area contributed by atoms with E-state index < -0.39 is 0 Å². The molecule has 128 valence electrons. The third-order valence-corrected chi connectivity index (χ3v) is 5.29. The maximum atomic E-state index is 12.7. The number of nitrogens with zero attached hydrogens (tertiary/aromatic N) is 5. The van der Waals surface area contributed by atoms with Crippen LogP contribution in [0, 0.1) is 0 Å². The van der Waals surface area contributed by atoms with Gasteiger partial charge in [-0.2, -0.15) is 0 Å². The Morgan fingerprint density at radius 2 is 2.00 bits per heavy atom. The van der Waals surface area contributed by atoms with Crippen molar-refractivity contribution in [3.63, 3.8) is 0 Å². The first kappa shape index (κ1) is 16.4. The first-order chi connectivity index (χ1) is 11.2.